The van der Waals surface area contributed by atoms with Gasteiger partial charge in [0, 0.05) is 30.7 Å². The molecule has 162 valence electrons. The van der Waals surface area contributed by atoms with Gasteiger partial charge in [0.25, 0.3) is 0 Å². The highest BCUT2D eigenvalue weighted by Crippen LogP contribution is 2.27. The van der Waals surface area contributed by atoms with Crippen LogP contribution in [0.2, 0.25) is 0 Å². The Balaban J connectivity index is 1.78. The lowest BCUT2D eigenvalue weighted by Crippen LogP contribution is -2.35. The van der Waals surface area contributed by atoms with E-state index in [2.05, 4.69) is 9.97 Å². The van der Waals surface area contributed by atoms with E-state index in [-0.39, 0.29) is 25.1 Å². The number of carbonyl (C=O) groups is 1. The summed E-state index contributed by atoms with van der Waals surface area (Å²) in [6.07, 6.45) is -1.82. The van der Waals surface area contributed by atoms with Crippen molar-refractivity contribution in [2.75, 3.05) is 6.54 Å². The molecule has 3 aromatic rings. The number of aromatic nitrogens is 2. The van der Waals surface area contributed by atoms with Crippen molar-refractivity contribution in [3.05, 3.63) is 95.3 Å². The van der Waals surface area contributed by atoms with Crippen LogP contribution in [0.1, 0.15) is 28.5 Å². The van der Waals surface area contributed by atoms with Gasteiger partial charge in [0.05, 0.1) is 19.1 Å². The summed E-state index contributed by atoms with van der Waals surface area (Å²) in [7, 11) is 0. The van der Waals surface area contributed by atoms with Crippen LogP contribution in [0, 0.1) is 5.82 Å². The van der Waals surface area contributed by atoms with Crippen molar-refractivity contribution in [3.8, 4) is 0 Å². The van der Waals surface area contributed by atoms with Crippen LogP contribution in [0.25, 0.3) is 0 Å². The normalized spacial score (nSPS) is 12.4. The minimum atomic E-state index is -4.57. The molecule has 1 aromatic carbocycles. The third-order valence-corrected chi connectivity index (χ3v) is 4.55. The highest BCUT2D eigenvalue weighted by atomic mass is 19.4. The summed E-state index contributed by atoms with van der Waals surface area (Å²) >= 11 is 0. The summed E-state index contributed by atoms with van der Waals surface area (Å²) in [6.45, 7) is -0.0862. The quantitative estimate of drug-likeness (QED) is 0.574. The lowest BCUT2D eigenvalue weighted by Gasteiger charge is -2.26. The van der Waals surface area contributed by atoms with Crippen molar-refractivity contribution < 1.29 is 27.5 Å². The highest BCUT2D eigenvalue weighted by Gasteiger charge is 2.32. The van der Waals surface area contributed by atoms with Crippen LogP contribution in [0.5, 0.6) is 0 Å². The minimum Gasteiger partial charge on any atom is -0.386 e. The van der Waals surface area contributed by atoms with Crippen LogP contribution in [-0.4, -0.2) is 32.4 Å². The van der Waals surface area contributed by atoms with Gasteiger partial charge in [-0.25, -0.2) is 4.39 Å². The van der Waals surface area contributed by atoms with Gasteiger partial charge in [-0.05, 0) is 35.4 Å². The summed E-state index contributed by atoms with van der Waals surface area (Å²) in [5.74, 6) is -0.918. The average molecular weight is 433 g/mol. The topological polar surface area (TPSA) is 66.3 Å². The Morgan fingerprint density at radius 1 is 1.06 bits per heavy atom. The molecule has 0 aliphatic carbocycles. The number of hydrogen-bond donors (Lipinski definition) is 1. The smallest absolute Gasteiger partial charge is 0.386 e. The molecule has 0 aliphatic heterocycles. The molecule has 2 heterocycles. The largest absolute Gasteiger partial charge is 0.433 e. The number of amides is 1. The van der Waals surface area contributed by atoms with Gasteiger partial charge in [-0.1, -0.05) is 24.3 Å². The fraction of sp³-hybridized carbons (Fsp3) is 0.227. The molecule has 0 fully saturated rings. The maximum atomic E-state index is 13.6. The van der Waals surface area contributed by atoms with Crippen LogP contribution in [0.4, 0.5) is 17.6 Å². The van der Waals surface area contributed by atoms with E-state index in [1.165, 1.54) is 35.4 Å². The Hall–Kier alpha value is -3.33. The van der Waals surface area contributed by atoms with E-state index < -0.39 is 29.7 Å². The van der Waals surface area contributed by atoms with Crippen molar-refractivity contribution in [2.45, 2.75) is 25.2 Å². The van der Waals surface area contributed by atoms with Crippen molar-refractivity contribution in [2.24, 2.45) is 0 Å². The van der Waals surface area contributed by atoms with E-state index in [0.717, 1.165) is 12.3 Å². The maximum absolute atomic E-state index is 13.6. The van der Waals surface area contributed by atoms with Crippen molar-refractivity contribution in [1.82, 2.24) is 14.9 Å². The van der Waals surface area contributed by atoms with Crippen molar-refractivity contribution >= 4 is 5.91 Å². The predicted molar refractivity (Wildman–Crippen MR) is 104 cm³/mol. The molecule has 1 unspecified atom stereocenters. The van der Waals surface area contributed by atoms with Gasteiger partial charge >= 0.3 is 6.18 Å². The lowest BCUT2D eigenvalue weighted by molar-refractivity contribution is -0.141. The van der Waals surface area contributed by atoms with Gasteiger partial charge in [0.2, 0.25) is 5.91 Å². The Kier molecular flexibility index (Phi) is 6.96. The van der Waals surface area contributed by atoms with Gasteiger partial charge < -0.3 is 10.0 Å². The Morgan fingerprint density at radius 2 is 1.87 bits per heavy atom. The second-order valence-corrected chi connectivity index (χ2v) is 6.93. The summed E-state index contributed by atoms with van der Waals surface area (Å²) in [5.41, 5.74) is 0.249. The number of halogens is 4. The molecule has 0 aliphatic rings. The zero-order valence-corrected chi connectivity index (χ0v) is 16.3. The van der Waals surface area contributed by atoms with Gasteiger partial charge in [0.15, 0.2) is 0 Å². The summed E-state index contributed by atoms with van der Waals surface area (Å²) in [6, 6.07) is 11.0. The van der Waals surface area contributed by atoms with Gasteiger partial charge in [0.1, 0.15) is 11.5 Å². The molecule has 9 heteroatoms. The zero-order chi connectivity index (χ0) is 22.4. The lowest BCUT2D eigenvalue weighted by atomic mass is 10.1. The minimum absolute atomic E-state index is 0.0159. The van der Waals surface area contributed by atoms with Gasteiger partial charge in [-0.2, -0.15) is 13.2 Å². The molecule has 2 aromatic heterocycles. The first kappa shape index (κ1) is 22.4. The van der Waals surface area contributed by atoms with Gasteiger partial charge in [-0.15, -0.1) is 0 Å². The molecule has 3 rings (SSSR count). The Morgan fingerprint density at radius 3 is 2.48 bits per heavy atom. The van der Waals surface area contributed by atoms with Crippen LogP contribution in [-0.2, 0) is 23.9 Å². The number of rotatable bonds is 7. The zero-order valence-electron chi connectivity index (χ0n) is 16.3. The number of benzene rings is 1. The molecule has 0 radical (unpaired) electrons. The van der Waals surface area contributed by atoms with Crippen LogP contribution in [0.3, 0.4) is 0 Å². The molecular weight excluding hydrogens is 414 g/mol. The maximum Gasteiger partial charge on any atom is 0.433 e. The number of aliphatic hydroxyl groups is 1. The molecule has 0 saturated carbocycles. The molecular formula is C22H19F4N3O2. The monoisotopic (exact) mass is 433 g/mol. The van der Waals surface area contributed by atoms with Crippen LogP contribution >= 0.6 is 0 Å². The number of aliphatic hydroxyl groups excluding tert-OH is 1. The van der Waals surface area contributed by atoms with Crippen molar-refractivity contribution in [1.29, 1.82) is 0 Å². The number of alkyl halides is 3. The second-order valence-electron chi connectivity index (χ2n) is 6.93. The first-order chi connectivity index (χ1) is 14.7. The molecule has 1 amide bonds. The SMILES string of the molecule is O=C(Cc1ccc(C(F)(F)F)nc1)N(Cc1cccc(F)c1)CC(O)c1cccnc1. The number of pyridine rings is 2. The molecule has 0 saturated heterocycles. The van der Waals surface area contributed by atoms with Gasteiger partial charge in [-0.3, -0.25) is 14.8 Å². The highest BCUT2D eigenvalue weighted by molar-refractivity contribution is 5.78. The summed E-state index contributed by atoms with van der Waals surface area (Å²) in [5, 5.41) is 10.5. The number of nitrogens with zero attached hydrogens (tertiary/aromatic N) is 3. The molecule has 0 bridgehead atoms. The summed E-state index contributed by atoms with van der Waals surface area (Å²) < 4.78 is 51.6. The molecule has 1 N–H and O–H groups in total. The van der Waals surface area contributed by atoms with E-state index in [0.29, 0.717) is 11.1 Å². The Labute approximate surface area is 176 Å². The molecule has 31 heavy (non-hydrogen) atoms. The van der Waals surface area contributed by atoms with Crippen molar-refractivity contribution in [3.63, 3.8) is 0 Å². The summed E-state index contributed by atoms with van der Waals surface area (Å²) in [4.78, 5) is 21.5. The molecule has 0 spiro atoms. The third-order valence-electron chi connectivity index (χ3n) is 4.55. The average Bonchev–Trinajstić information content (AvgIpc) is 2.73. The molecule has 5 nitrogen and oxygen atoms in total. The standard InChI is InChI=1S/C22H19F4N3O2/c23-18-5-1-3-16(9-18)13-29(14-19(30)17-4-2-8-27-12-17)21(31)10-15-6-7-20(28-11-15)22(24,25)26/h1-9,11-12,19,30H,10,13-14H2. The number of carbonyl (C=O) groups excluding carboxylic acids is 1. The Bertz CT molecular complexity index is 1010. The van der Waals surface area contributed by atoms with E-state index in [1.807, 2.05) is 0 Å². The first-order valence-electron chi connectivity index (χ1n) is 9.34. The fourth-order valence-electron chi connectivity index (χ4n) is 2.98. The van der Waals surface area contributed by atoms with E-state index in [1.54, 1.807) is 24.4 Å². The number of hydrogen-bond acceptors (Lipinski definition) is 4. The van der Waals surface area contributed by atoms with E-state index >= 15 is 0 Å². The van der Waals surface area contributed by atoms with E-state index in [9.17, 15) is 27.5 Å². The third kappa shape index (κ3) is 6.32. The fourth-order valence-corrected chi connectivity index (χ4v) is 2.98. The second kappa shape index (κ2) is 9.65. The predicted octanol–water partition coefficient (Wildman–Crippen LogP) is 3.94. The molecule has 1 atom stereocenters. The van der Waals surface area contributed by atoms with E-state index in [4.69, 9.17) is 0 Å². The first-order valence-corrected chi connectivity index (χ1v) is 9.34. The van der Waals surface area contributed by atoms with Crippen LogP contribution in [0.15, 0.2) is 67.1 Å². The van der Waals surface area contributed by atoms with Crippen LogP contribution < -0.4 is 0 Å².